The van der Waals surface area contributed by atoms with Gasteiger partial charge in [-0.2, -0.15) is 0 Å². The molecule has 0 aliphatic rings. The molecule has 7 nitrogen and oxygen atoms in total. The van der Waals surface area contributed by atoms with E-state index in [1.54, 1.807) is 17.0 Å². The maximum Gasteiger partial charge on any atom is 0.269 e. The summed E-state index contributed by atoms with van der Waals surface area (Å²) in [5.41, 5.74) is 3.97. The third kappa shape index (κ3) is 9.03. The van der Waals surface area contributed by atoms with E-state index in [1.165, 1.54) is 23.9 Å². The normalized spacial score (nSPS) is 11.7. The summed E-state index contributed by atoms with van der Waals surface area (Å²) in [5.74, 6) is 0.716. The van der Waals surface area contributed by atoms with E-state index in [2.05, 4.69) is 5.32 Å². The molecule has 0 aliphatic carbocycles. The summed E-state index contributed by atoms with van der Waals surface area (Å²) < 4.78 is 0. The lowest BCUT2D eigenvalue weighted by Gasteiger charge is -2.32. The Morgan fingerprint density at radius 1 is 0.947 bits per heavy atom. The molecule has 0 bridgehead atoms. The molecule has 0 aliphatic heterocycles. The Hall–Kier alpha value is -3.65. The molecule has 2 amide bonds. The molecular formula is C30H35N3O4S. The molecule has 0 saturated carbocycles. The molecule has 0 aromatic heterocycles. The van der Waals surface area contributed by atoms with Crippen LogP contribution in [0.4, 0.5) is 5.69 Å². The van der Waals surface area contributed by atoms with Gasteiger partial charge in [0.25, 0.3) is 5.69 Å². The third-order valence-electron chi connectivity index (χ3n) is 6.03. The Morgan fingerprint density at radius 3 is 2.26 bits per heavy atom. The number of non-ortho nitro benzene ring substituents is 1. The molecule has 3 aromatic rings. The number of rotatable bonds is 13. The average Bonchev–Trinajstić information content (AvgIpc) is 2.90. The summed E-state index contributed by atoms with van der Waals surface area (Å²) in [4.78, 5) is 39.3. The third-order valence-corrected chi connectivity index (χ3v) is 7.02. The zero-order valence-corrected chi connectivity index (χ0v) is 22.9. The van der Waals surface area contributed by atoms with Crippen LogP contribution in [0.15, 0.2) is 78.9 Å². The van der Waals surface area contributed by atoms with Gasteiger partial charge in [0.1, 0.15) is 6.04 Å². The van der Waals surface area contributed by atoms with Crippen molar-refractivity contribution in [3.63, 3.8) is 0 Å². The van der Waals surface area contributed by atoms with Gasteiger partial charge in [0.15, 0.2) is 0 Å². The number of nitro groups is 1. The average molecular weight is 534 g/mol. The number of benzene rings is 3. The Morgan fingerprint density at radius 2 is 1.63 bits per heavy atom. The van der Waals surface area contributed by atoms with Gasteiger partial charge in [0.2, 0.25) is 11.8 Å². The van der Waals surface area contributed by atoms with E-state index in [9.17, 15) is 19.7 Å². The highest BCUT2D eigenvalue weighted by Gasteiger charge is 2.30. The van der Waals surface area contributed by atoms with E-state index in [4.69, 9.17) is 0 Å². The fraction of sp³-hybridized carbons (Fsp3) is 0.333. The van der Waals surface area contributed by atoms with Gasteiger partial charge in [-0.05, 0) is 29.5 Å². The monoisotopic (exact) mass is 533 g/mol. The summed E-state index contributed by atoms with van der Waals surface area (Å²) in [6.07, 6.45) is 0.412. The van der Waals surface area contributed by atoms with Crippen molar-refractivity contribution >= 4 is 29.3 Å². The first-order chi connectivity index (χ1) is 18.2. The maximum atomic E-state index is 13.7. The Kier molecular flexibility index (Phi) is 10.9. The van der Waals surface area contributed by atoms with Crippen LogP contribution in [0.3, 0.4) is 0 Å². The van der Waals surface area contributed by atoms with Crippen molar-refractivity contribution in [2.24, 2.45) is 5.92 Å². The van der Waals surface area contributed by atoms with Crippen molar-refractivity contribution < 1.29 is 14.5 Å². The largest absolute Gasteiger partial charge is 0.354 e. The van der Waals surface area contributed by atoms with E-state index in [1.807, 2.05) is 75.4 Å². The van der Waals surface area contributed by atoms with Crippen molar-refractivity contribution in [2.45, 2.75) is 45.5 Å². The molecule has 0 heterocycles. The lowest BCUT2D eigenvalue weighted by molar-refractivity contribution is -0.384. The van der Waals surface area contributed by atoms with Crippen LogP contribution in [0.2, 0.25) is 0 Å². The standard InChI is InChI=1S/C30H35N3O4S/c1-22(2)18-31-30(35)28(17-24-9-5-4-6-10-24)32(19-26-11-7-8-23(3)16-26)29(34)21-38-20-25-12-14-27(15-13-25)33(36)37/h4-16,22,28H,17-21H2,1-3H3,(H,31,35)/t28-/m1/s1. The molecule has 3 aromatic carbocycles. The second kappa shape index (κ2) is 14.3. The van der Waals surface area contributed by atoms with Gasteiger partial charge < -0.3 is 10.2 Å². The summed E-state index contributed by atoms with van der Waals surface area (Å²) in [6, 6.07) is 23.4. The van der Waals surface area contributed by atoms with Crippen LogP contribution in [-0.4, -0.2) is 40.0 Å². The molecule has 0 unspecified atom stereocenters. The molecule has 1 N–H and O–H groups in total. The highest BCUT2D eigenvalue weighted by Crippen LogP contribution is 2.20. The molecule has 200 valence electrons. The lowest BCUT2D eigenvalue weighted by Crippen LogP contribution is -2.51. The molecular weight excluding hydrogens is 498 g/mol. The van der Waals surface area contributed by atoms with Crippen molar-refractivity contribution in [3.05, 3.63) is 111 Å². The number of carbonyl (C=O) groups is 2. The minimum atomic E-state index is -0.663. The topological polar surface area (TPSA) is 92.6 Å². The molecule has 8 heteroatoms. The van der Waals surface area contributed by atoms with Crippen LogP contribution >= 0.6 is 11.8 Å². The van der Waals surface area contributed by atoms with Gasteiger partial charge in [-0.1, -0.05) is 86.1 Å². The quantitative estimate of drug-likeness (QED) is 0.230. The summed E-state index contributed by atoms with van der Waals surface area (Å²) >= 11 is 1.43. The predicted molar refractivity (Wildman–Crippen MR) is 153 cm³/mol. The highest BCUT2D eigenvalue weighted by molar-refractivity contribution is 7.99. The highest BCUT2D eigenvalue weighted by atomic mass is 32.2. The van der Waals surface area contributed by atoms with E-state index in [0.717, 1.165) is 22.3 Å². The number of aryl methyl sites for hydroxylation is 1. The fourth-order valence-corrected chi connectivity index (χ4v) is 4.91. The lowest BCUT2D eigenvalue weighted by atomic mass is 10.0. The smallest absolute Gasteiger partial charge is 0.269 e. The molecule has 0 saturated heterocycles. The number of nitrogens with one attached hydrogen (secondary N) is 1. The Labute approximate surface area is 228 Å². The first kappa shape index (κ1) is 28.9. The fourth-order valence-electron chi connectivity index (χ4n) is 4.04. The number of amides is 2. The number of nitrogens with zero attached hydrogens (tertiary/aromatic N) is 2. The van der Waals surface area contributed by atoms with Crippen LogP contribution in [0.1, 0.15) is 36.1 Å². The minimum Gasteiger partial charge on any atom is -0.354 e. The second-order valence-electron chi connectivity index (χ2n) is 9.77. The summed E-state index contributed by atoms with van der Waals surface area (Å²) in [7, 11) is 0. The van der Waals surface area contributed by atoms with Crippen LogP contribution in [-0.2, 0) is 28.3 Å². The van der Waals surface area contributed by atoms with Gasteiger partial charge in [0, 0.05) is 37.4 Å². The van der Waals surface area contributed by atoms with E-state index in [-0.39, 0.29) is 29.2 Å². The van der Waals surface area contributed by atoms with Crippen LogP contribution in [0, 0.1) is 23.0 Å². The molecule has 38 heavy (non-hydrogen) atoms. The maximum absolute atomic E-state index is 13.7. The Balaban J connectivity index is 1.82. The number of hydrogen-bond acceptors (Lipinski definition) is 5. The molecule has 1 atom stereocenters. The van der Waals surface area contributed by atoms with E-state index < -0.39 is 11.0 Å². The van der Waals surface area contributed by atoms with Gasteiger partial charge in [-0.15, -0.1) is 11.8 Å². The zero-order valence-electron chi connectivity index (χ0n) is 22.1. The first-order valence-electron chi connectivity index (χ1n) is 12.7. The van der Waals surface area contributed by atoms with Crippen LogP contribution < -0.4 is 5.32 Å². The number of carbonyl (C=O) groups excluding carboxylic acids is 2. The van der Waals surface area contributed by atoms with E-state index in [0.29, 0.717) is 25.3 Å². The second-order valence-corrected chi connectivity index (χ2v) is 10.8. The minimum absolute atomic E-state index is 0.0373. The van der Waals surface area contributed by atoms with Crippen molar-refractivity contribution in [3.8, 4) is 0 Å². The van der Waals surface area contributed by atoms with Gasteiger partial charge in [-0.3, -0.25) is 19.7 Å². The van der Waals surface area contributed by atoms with Gasteiger partial charge >= 0.3 is 0 Å². The zero-order chi connectivity index (χ0) is 27.5. The summed E-state index contributed by atoms with van der Waals surface area (Å²) in [5, 5.41) is 13.9. The number of hydrogen-bond donors (Lipinski definition) is 1. The first-order valence-corrected chi connectivity index (χ1v) is 13.9. The van der Waals surface area contributed by atoms with Crippen molar-refractivity contribution in [1.82, 2.24) is 10.2 Å². The molecule has 0 radical (unpaired) electrons. The number of thioether (sulfide) groups is 1. The van der Waals surface area contributed by atoms with Crippen LogP contribution in [0.5, 0.6) is 0 Å². The molecule has 3 rings (SSSR count). The number of nitro benzene ring substituents is 1. The SMILES string of the molecule is Cc1cccc(CN(C(=O)CSCc2ccc([N+](=O)[O-])cc2)[C@H](Cc2ccccc2)C(=O)NCC(C)C)c1. The molecule has 0 fully saturated rings. The Bertz CT molecular complexity index is 1220. The van der Waals surface area contributed by atoms with Crippen molar-refractivity contribution in [2.75, 3.05) is 12.3 Å². The van der Waals surface area contributed by atoms with Gasteiger partial charge in [-0.25, -0.2) is 0 Å². The van der Waals surface area contributed by atoms with E-state index >= 15 is 0 Å². The van der Waals surface area contributed by atoms with Gasteiger partial charge in [0.05, 0.1) is 10.7 Å². The molecule has 0 spiro atoms. The van der Waals surface area contributed by atoms with Crippen LogP contribution in [0.25, 0.3) is 0 Å². The summed E-state index contributed by atoms with van der Waals surface area (Å²) in [6.45, 7) is 6.94. The van der Waals surface area contributed by atoms with Crippen molar-refractivity contribution in [1.29, 1.82) is 0 Å². The predicted octanol–water partition coefficient (Wildman–Crippen LogP) is 5.55.